The summed E-state index contributed by atoms with van der Waals surface area (Å²) >= 11 is 1.72. The Kier molecular flexibility index (Phi) is 3.70. The van der Waals surface area contributed by atoms with Gasteiger partial charge < -0.3 is 0 Å². The zero-order chi connectivity index (χ0) is 14.1. The van der Waals surface area contributed by atoms with E-state index in [0.717, 1.165) is 34.8 Å². The van der Waals surface area contributed by atoms with Crippen LogP contribution < -0.4 is 5.43 Å². The minimum atomic E-state index is 0.835. The predicted octanol–water partition coefficient (Wildman–Crippen LogP) is 4.29. The summed E-state index contributed by atoms with van der Waals surface area (Å²) in [5.74, 6) is 1.67. The van der Waals surface area contributed by atoms with Crippen molar-refractivity contribution in [3.05, 3.63) is 16.8 Å². The van der Waals surface area contributed by atoms with E-state index in [1.54, 1.807) is 17.7 Å². The molecular formula is C15H20N4S. The number of nitrogens with zero attached hydrogens (tertiary/aromatic N) is 3. The molecule has 20 heavy (non-hydrogen) atoms. The summed E-state index contributed by atoms with van der Waals surface area (Å²) in [5, 5.41) is 5.68. The fraction of sp³-hybridized carbons (Fsp3) is 0.533. The SMILES string of the molecule is Cc1sc2ncnc(NN=C3CCC(C)CC3)c2c1C. The van der Waals surface area contributed by atoms with Gasteiger partial charge in [-0.1, -0.05) is 6.92 Å². The molecule has 1 aliphatic rings. The molecule has 5 heteroatoms. The van der Waals surface area contributed by atoms with Gasteiger partial charge in [-0.2, -0.15) is 5.10 Å². The van der Waals surface area contributed by atoms with E-state index in [9.17, 15) is 0 Å². The highest BCUT2D eigenvalue weighted by molar-refractivity contribution is 7.18. The van der Waals surface area contributed by atoms with Crippen molar-refractivity contribution in [2.75, 3.05) is 5.43 Å². The van der Waals surface area contributed by atoms with E-state index >= 15 is 0 Å². The van der Waals surface area contributed by atoms with E-state index in [1.807, 2.05) is 0 Å². The molecule has 2 aromatic rings. The Balaban J connectivity index is 1.86. The average molecular weight is 288 g/mol. The van der Waals surface area contributed by atoms with Gasteiger partial charge in [-0.25, -0.2) is 9.97 Å². The summed E-state index contributed by atoms with van der Waals surface area (Å²) in [6.45, 7) is 6.56. The molecule has 1 saturated carbocycles. The van der Waals surface area contributed by atoms with Crippen molar-refractivity contribution in [2.45, 2.75) is 46.5 Å². The lowest BCUT2D eigenvalue weighted by Gasteiger charge is -2.18. The summed E-state index contributed by atoms with van der Waals surface area (Å²) in [6.07, 6.45) is 6.31. The van der Waals surface area contributed by atoms with E-state index in [-0.39, 0.29) is 0 Å². The van der Waals surface area contributed by atoms with Gasteiger partial charge in [0.1, 0.15) is 11.2 Å². The topological polar surface area (TPSA) is 50.2 Å². The Bertz CT molecular complexity index is 649. The molecule has 1 aliphatic carbocycles. The van der Waals surface area contributed by atoms with Crippen LogP contribution in [-0.4, -0.2) is 15.7 Å². The first-order chi connectivity index (χ1) is 9.65. The number of thiophene rings is 1. The second-order valence-electron chi connectivity index (χ2n) is 5.66. The predicted molar refractivity (Wildman–Crippen MR) is 85.6 cm³/mol. The van der Waals surface area contributed by atoms with E-state index < -0.39 is 0 Å². The van der Waals surface area contributed by atoms with Crippen LogP contribution in [0.5, 0.6) is 0 Å². The Morgan fingerprint density at radius 1 is 1.25 bits per heavy atom. The molecule has 1 fully saturated rings. The zero-order valence-corrected chi connectivity index (χ0v) is 13.0. The van der Waals surface area contributed by atoms with Gasteiger partial charge >= 0.3 is 0 Å². The van der Waals surface area contributed by atoms with Crippen LogP contribution in [0.2, 0.25) is 0 Å². The van der Waals surface area contributed by atoms with Crippen molar-refractivity contribution in [1.82, 2.24) is 9.97 Å². The highest BCUT2D eigenvalue weighted by Gasteiger charge is 2.15. The van der Waals surface area contributed by atoms with Gasteiger partial charge in [0.05, 0.1) is 5.39 Å². The summed E-state index contributed by atoms with van der Waals surface area (Å²) < 4.78 is 0. The molecule has 106 valence electrons. The van der Waals surface area contributed by atoms with Crippen molar-refractivity contribution in [3.63, 3.8) is 0 Å². The average Bonchev–Trinajstić information content (AvgIpc) is 2.74. The highest BCUT2D eigenvalue weighted by Crippen LogP contribution is 2.32. The largest absolute Gasteiger partial charge is 0.261 e. The van der Waals surface area contributed by atoms with Crippen LogP contribution in [0, 0.1) is 19.8 Å². The van der Waals surface area contributed by atoms with Crippen LogP contribution in [-0.2, 0) is 0 Å². The smallest absolute Gasteiger partial charge is 0.158 e. The number of fused-ring (bicyclic) bond motifs is 1. The molecule has 0 unspecified atom stereocenters. The number of nitrogens with one attached hydrogen (secondary N) is 1. The lowest BCUT2D eigenvalue weighted by atomic mass is 9.90. The first kappa shape index (κ1) is 13.5. The highest BCUT2D eigenvalue weighted by atomic mass is 32.1. The molecular weight excluding hydrogens is 268 g/mol. The maximum Gasteiger partial charge on any atom is 0.158 e. The quantitative estimate of drug-likeness (QED) is 0.839. The molecule has 1 N–H and O–H groups in total. The van der Waals surface area contributed by atoms with Crippen molar-refractivity contribution in [1.29, 1.82) is 0 Å². The van der Waals surface area contributed by atoms with Crippen molar-refractivity contribution < 1.29 is 0 Å². The zero-order valence-electron chi connectivity index (χ0n) is 12.2. The number of anilines is 1. The molecule has 3 rings (SSSR count). The molecule has 0 atom stereocenters. The van der Waals surface area contributed by atoms with E-state index in [4.69, 9.17) is 0 Å². The number of rotatable bonds is 2. The van der Waals surface area contributed by atoms with Crippen LogP contribution in [0.25, 0.3) is 10.2 Å². The molecule has 0 bridgehead atoms. The molecule has 2 aromatic heterocycles. The lowest BCUT2D eigenvalue weighted by molar-refractivity contribution is 0.483. The van der Waals surface area contributed by atoms with E-state index in [0.29, 0.717) is 0 Å². The lowest BCUT2D eigenvalue weighted by Crippen LogP contribution is -2.13. The third-order valence-corrected chi connectivity index (χ3v) is 5.25. The number of aromatic nitrogens is 2. The van der Waals surface area contributed by atoms with Gasteiger partial charge in [0.25, 0.3) is 0 Å². The van der Waals surface area contributed by atoms with Gasteiger partial charge in [0, 0.05) is 10.6 Å². The van der Waals surface area contributed by atoms with Crippen LogP contribution in [0.15, 0.2) is 11.4 Å². The maximum absolute atomic E-state index is 4.57. The van der Waals surface area contributed by atoms with E-state index in [1.165, 1.54) is 29.0 Å². The first-order valence-electron chi connectivity index (χ1n) is 7.17. The monoisotopic (exact) mass is 288 g/mol. The molecule has 0 spiro atoms. The molecule has 0 aliphatic heterocycles. The summed E-state index contributed by atoms with van der Waals surface area (Å²) in [5.41, 5.74) is 5.69. The summed E-state index contributed by atoms with van der Waals surface area (Å²) in [4.78, 5) is 11.0. The first-order valence-corrected chi connectivity index (χ1v) is 7.99. The summed E-state index contributed by atoms with van der Waals surface area (Å²) in [6, 6.07) is 0. The number of hydrogen-bond acceptors (Lipinski definition) is 5. The minimum absolute atomic E-state index is 0.835. The molecule has 4 nitrogen and oxygen atoms in total. The van der Waals surface area contributed by atoms with Gasteiger partial charge in [0.15, 0.2) is 5.82 Å². The van der Waals surface area contributed by atoms with Crippen molar-refractivity contribution in [3.8, 4) is 0 Å². The molecule has 0 aromatic carbocycles. The van der Waals surface area contributed by atoms with Crippen molar-refractivity contribution >= 4 is 33.1 Å². The van der Waals surface area contributed by atoms with Crippen LogP contribution in [0.4, 0.5) is 5.82 Å². The third-order valence-electron chi connectivity index (χ3n) is 4.14. The molecule has 0 saturated heterocycles. The number of aryl methyl sites for hydroxylation is 2. The van der Waals surface area contributed by atoms with Crippen LogP contribution in [0.3, 0.4) is 0 Å². The number of hydrogen-bond donors (Lipinski definition) is 1. The standard InChI is InChI=1S/C15H20N4S/c1-9-4-6-12(7-5-9)18-19-14-13-10(2)11(3)20-15(13)17-8-16-14/h8-9H,4-7H2,1-3H3,(H,16,17,19). The fourth-order valence-electron chi connectivity index (χ4n) is 2.61. The van der Waals surface area contributed by atoms with Crippen LogP contribution >= 0.6 is 11.3 Å². The van der Waals surface area contributed by atoms with Crippen LogP contribution in [0.1, 0.15) is 43.0 Å². The summed E-state index contributed by atoms with van der Waals surface area (Å²) in [7, 11) is 0. The van der Waals surface area contributed by atoms with Gasteiger partial charge in [-0.15, -0.1) is 11.3 Å². The minimum Gasteiger partial charge on any atom is -0.261 e. The second kappa shape index (κ2) is 5.48. The van der Waals surface area contributed by atoms with Gasteiger partial charge in [-0.3, -0.25) is 5.43 Å². The Morgan fingerprint density at radius 2 is 2.00 bits per heavy atom. The Labute approximate surface area is 123 Å². The van der Waals surface area contributed by atoms with E-state index in [2.05, 4.69) is 41.3 Å². The third kappa shape index (κ3) is 2.54. The fourth-order valence-corrected chi connectivity index (χ4v) is 3.60. The normalized spacial score (nSPS) is 19.4. The van der Waals surface area contributed by atoms with Gasteiger partial charge in [-0.05, 0) is 51.0 Å². The number of hydrazone groups is 1. The van der Waals surface area contributed by atoms with Crippen molar-refractivity contribution in [2.24, 2.45) is 11.0 Å². The molecule has 2 heterocycles. The maximum atomic E-state index is 4.57. The van der Waals surface area contributed by atoms with Gasteiger partial charge in [0.2, 0.25) is 0 Å². The molecule has 0 radical (unpaired) electrons. The Morgan fingerprint density at radius 3 is 2.75 bits per heavy atom. The second-order valence-corrected chi connectivity index (χ2v) is 6.86. The Hall–Kier alpha value is -1.49. The molecule has 0 amide bonds.